The van der Waals surface area contributed by atoms with Gasteiger partial charge in [-0.2, -0.15) is 0 Å². The molecule has 2 nitrogen and oxygen atoms in total. The second-order valence-electron chi connectivity index (χ2n) is 3.76. The van der Waals surface area contributed by atoms with Crippen molar-refractivity contribution in [1.82, 2.24) is 4.90 Å². The third-order valence-electron chi connectivity index (χ3n) is 2.49. The van der Waals surface area contributed by atoms with Gasteiger partial charge in [-0.15, -0.1) is 0 Å². The van der Waals surface area contributed by atoms with Gasteiger partial charge in [0.25, 0.3) is 0 Å². The molecule has 0 radical (unpaired) electrons. The largest absolute Gasteiger partial charge is 0.472 e. The van der Waals surface area contributed by atoms with Crippen molar-refractivity contribution in [3.63, 3.8) is 0 Å². The van der Waals surface area contributed by atoms with E-state index in [1.54, 1.807) is 6.26 Å². The van der Waals surface area contributed by atoms with Gasteiger partial charge in [0.15, 0.2) is 0 Å². The van der Waals surface area contributed by atoms with Crippen LogP contribution in [0.4, 0.5) is 0 Å². The minimum absolute atomic E-state index is 0.872. The molecule has 2 heteroatoms. The van der Waals surface area contributed by atoms with Gasteiger partial charge < -0.3 is 4.42 Å². The first-order valence-electron chi connectivity index (χ1n) is 4.58. The van der Waals surface area contributed by atoms with Crippen LogP contribution in [0.2, 0.25) is 0 Å². The lowest BCUT2D eigenvalue weighted by atomic mass is 10.2. The summed E-state index contributed by atoms with van der Waals surface area (Å²) in [6.45, 7) is 5.85. The Morgan fingerprint density at radius 1 is 1.67 bits per heavy atom. The predicted molar refractivity (Wildman–Crippen MR) is 47.8 cm³/mol. The monoisotopic (exact) mass is 165 g/mol. The van der Waals surface area contributed by atoms with Crippen LogP contribution in [-0.2, 0) is 6.54 Å². The fourth-order valence-electron chi connectivity index (χ4n) is 1.81. The van der Waals surface area contributed by atoms with E-state index < -0.39 is 0 Å². The Balaban J connectivity index is 1.88. The van der Waals surface area contributed by atoms with E-state index in [0.29, 0.717) is 0 Å². The smallest absolute Gasteiger partial charge is 0.0947 e. The van der Waals surface area contributed by atoms with E-state index in [9.17, 15) is 0 Å². The lowest BCUT2D eigenvalue weighted by molar-refractivity contribution is 0.319. The molecule has 1 aromatic rings. The lowest BCUT2D eigenvalue weighted by Crippen LogP contribution is -2.19. The van der Waals surface area contributed by atoms with E-state index in [0.717, 1.165) is 12.5 Å². The van der Waals surface area contributed by atoms with Gasteiger partial charge in [-0.3, -0.25) is 4.90 Å². The first-order chi connectivity index (χ1) is 5.84. The zero-order valence-electron chi connectivity index (χ0n) is 7.49. The Kier molecular flexibility index (Phi) is 2.17. The summed E-state index contributed by atoms with van der Waals surface area (Å²) in [6, 6.07) is 2.04. The second kappa shape index (κ2) is 3.31. The number of furan rings is 1. The van der Waals surface area contributed by atoms with E-state index in [1.165, 1.54) is 25.1 Å². The Morgan fingerprint density at radius 3 is 3.17 bits per heavy atom. The molecule has 0 aliphatic carbocycles. The van der Waals surface area contributed by atoms with Crippen molar-refractivity contribution in [2.45, 2.75) is 19.9 Å². The number of nitrogens with zero attached hydrogens (tertiary/aromatic N) is 1. The molecule has 0 amide bonds. The van der Waals surface area contributed by atoms with E-state index in [1.807, 2.05) is 12.3 Å². The molecule has 0 N–H and O–H groups in total. The summed E-state index contributed by atoms with van der Waals surface area (Å²) in [5.41, 5.74) is 1.30. The highest BCUT2D eigenvalue weighted by Gasteiger charge is 2.18. The van der Waals surface area contributed by atoms with Crippen molar-refractivity contribution in [3.05, 3.63) is 24.2 Å². The number of rotatable bonds is 2. The SMILES string of the molecule is C[C@H]1CCN(Cc2ccoc2)C1. The predicted octanol–water partition coefficient (Wildman–Crippen LogP) is 2.12. The van der Waals surface area contributed by atoms with Gasteiger partial charge in [0.05, 0.1) is 12.5 Å². The van der Waals surface area contributed by atoms with Crippen LogP contribution in [0.3, 0.4) is 0 Å². The number of hydrogen-bond donors (Lipinski definition) is 0. The van der Waals surface area contributed by atoms with Crippen LogP contribution in [-0.4, -0.2) is 18.0 Å². The first kappa shape index (κ1) is 7.87. The Morgan fingerprint density at radius 2 is 2.58 bits per heavy atom. The Labute approximate surface area is 73.2 Å². The van der Waals surface area contributed by atoms with Crippen LogP contribution in [0.1, 0.15) is 18.9 Å². The maximum Gasteiger partial charge on any atom is 0.0947 e. The van der Waals surface area contributed by atoms with Crippen molar-refractivity contribution < 1.29 is 4.42 Å². The van der Waals surface area contributed by atoms with E-state index in [-0.39, 0.29) is 0 Å². The van der Waals surface area contributed by atoms with Gasteiger partial charge in [0, 0.05) is 18.7 Å². The normalized spacial score (nSPS) is 24.9. The van der Waals surface area contributed by atoms with Crippen molar-refractivity contribution in [3.8, 4) is 0 Å². The average molecular weight is 165 g/mol. The standard InChI is InChI=1S/C10H15NO/c1-9-2-4-11(6-9)7-10-3-5-12-8-10/h3,5,8-9H,2,4,6-7H2,1H3/t9-/m0/s1. The van der Waals surface area contributed by atoms with Gasteiger partial charge >= 0.3 is 0 Å². The van der Waals surface area contributed by atoms with Crippen molar-refractivity contribution in [2.24, 2.45) is 5.92 Å². The lowest BCUT2D eigenvalue weighted by Gasteiger charge is -2.12. The highest BCUT2D eigenvalue weighted by molar-refractivity contribution is 5.05. The van der Waals surface area contributed by atoms with E-state index in [4.69, 9.17) is 4.42 Å². The summed E-state index contributed by atoms with van der Waals surface area (Å²) in [5.74, 6) is 0.872. The van der Waals surface area contributed by atoms with Gasteiger partial charge in [-0.1, -0.05) is 6.92 Å². The van der Waals surface area contributed by atoms with Crippen molar-refractivity contribution in [1.29, 1.82) is 0 Å². The van der Waals surface area contributed by atoms with Gasteiger partial charge in [-0.05, 0) is 24.9 Å². The van der Waals surface area contributed by atoms with Crippen LogP contribution >= 0.6 is 0 Å². The third-order valence-corrected chi connectivity index (χ3v) is 2.49. The summed E-state index contributed by atoms with van der Waals surface area (Å²) in [5, 5.41) is 0. The topological polar surface area (TPSA) is 16.4 Å². The van der Waals surface area contributed by atoms with Crippen LogP contribution in [0.15, 0.2) is 23.0 Å². The molecule has 2 rings (SSSR count). The van der Waals surface area contributed by atoms with E-state index in [2.05, 4.69) is 11.8 Å². The highest BCUT2D eigenvalue weighted by atomic mass is 16.3. The molecule has 0 unspecified atom stereocenters. The van der Waals surface area contributed by atoms with Crippen LogP contribution in [0.25, 0.3) is 0 Å². The summed E-state index contributed by atoms with van der Waals surface area (Å²) in [6.07, 6.45) is 4.93. The quantitative estimate of drug-likeness (QED) is 0.667. The average Bonchev–Trinajstić information content (AvgIpc) is 2.63. The molecule has 1 aromatic heterocycles. The molecule has 1 fully saturated rings. The highest BCUT2D eigenvalue weighted by Crippen LogP contribution is 2.17. The van der Waals surface area contributed by atoms with Crippen LogP contribution in [0, 0.1) is 5.92 Å². The summed E-state index contributed by atoms with van der Waals surface area (Å²) in [7, 11) is 0. The second-order valence-corrected chi connectivity index (χ2v) is 3.76. The molecule has 0 aromatic carbocycles. The molecule has 0 spiro atoms. The van der Waals surface area contributed by atoms with Crippen molar-refractivity contribution >= 4 is 0 Å². The fraction of sp³-hybridized carbons (Fsp3) is 0.600. The van der Waals surface area contributed by atoms with Crippen LogP contribution < -0.4 is 0 Å². The molecule has 0 bridgehead atoms. The Bertz CT molecular complexity index is 230. The summed E-state index contributed by atoms with van der Waals surface area (Å²) in [4.78, 5) is 2.48. The minimum atomic E-state index is 0.872. The molecule has 1 aliphatic rings. The van der Waals surface area contributed by atoms with Crippen LogP contribution in [0.5, 0.6) is 0 Å². The summed E-state index contributed by atoms with van der Waals surface area (Å²) < 4.78 is 5.02. The first-order valence-corrected chi connectivity index (χ1v) is 4.58. The molecule has 66 valence electrons. The minimum Gasteiger partial charge on any atom is -0.472 e. The zero-order valence-corrected chi connectivity index (χ0v) is 7.49. The van der Waals surface area contributed by atoms with Gasteiger partial charge in [0.2, 0.25) is 0 Å². The molecular weight excluding hydrogens is 150 g/mol. The molecule has 0 saturated carbocycles. The molecule has 12 heavy (non-hydrogen) atoms. The molecular formula is C10H15NO. The van der Waals surface area contributed by atoms with E-state index >= 15 is 0 Å². The molecule has 1 aliphatic heterocycles. The maximum absolute atomic E-state index is 5.02. The maximum atomic E-state index is 5.02. The van der Waals surface area contributed by atoms with Gasteiger partial charge in [-0.25, -0.2) is 0 Å². The number of likely N-dealkylation sites (tertiary alicyclic amines) is 1. The number of hydrogen-bond acceptors (Lipinski definition) is 2. The fourth-order valence-corrected chi connectivity index (χ4v) is 1.81. The summed E-state index contributed by atoms with van der Waals surface area (Å²) >= 11 is 0. The molecule has 1 atom stereocenters. The zero-order chi connectivity index (χ0) is 8.39. The molecule has 2 heterocycles. The van der Waals surface area contributed by atoms with Crippen molar-refractivity contribution in [2.75, 3.05) is 13.1 Å². The third kappa shape index (κ3) is 1.69. The molecule has 1 saturated heterocycles. The van der Waals surface area contributed by atoms with Gasteiger partial charge in [0.1, 0.15) is 0 Å². The Hall–Kier alpha value is -0.760.